The molecule has 0 atom stereocenters. The van der Waals surface area contributed by atoms with Gasteiger partial charge in [0.15, 0.2) is 0 Å². The van der Waals surface area contributed by atoms with E-state index in [-0.39, 0.29) is 5.54 Å². The Bertz CT molecular complexity index is 335. The second kappa shape index (κ2) is 3.97. The van der Waals surface area contributed by atoms with Crippen molar-refractivity contribution in [2.45, 2.75) is 45.1 Å². The van der Waals surface area contributed by atoms with Gasteiger partial charge in [-0.15, -0.1) is 0 Å². The molecule has 0 bridgehead atoms. The van der Waals surface area contributed by atoms with Crippen molar-refractivity contribution in [2.24, 2.45) is 0 Å². The molecule has 0 spiro atoms. The summed E-state index contributed by atoms with van der Waals surface area (Å²) in [5, 5.41) is 3.81. The molecule has 1 aliphatic rings. The van der Waals surface area contributed by atoms with Crippen LogP contribution in [0.5, 0.6) is 0 Å². The topological polar surface area (TPSA) is 37.8 Å². The van der Waals surface area contributed by atoms with E-state index in [1.807, 2.05) is 13.0 Å². The molecule has 1 fully saturated rings. The van der Waals surface area contributed by atoms with E-state index >= 15 is 0 Å². The van der Waals surface area contributed by atoms with E-state index in [0.29, 0.717) is 5.28 Å². The van der Waals surface area contributed by atoms with Crippen molar-refractivity contribution in [3.05, 3.63) is 17.0 Å². The molecule has 0 aliphatic heterocycles. The summed E-state index contributed by atoms with van der Waals surface area (Å²) in [7, 11) is 0. The molecule has 2 rings (SSSR count). The quantitative estimate of drug-likeness (QED) is 0.803. The van der Waals surface area contributed by atoms with E-state index in [9.17, 15) is 0 Å². The minimum absolute atomic E-state index is 0.254. The highest BCUT2D eigenvalue weighted by atomic mass is 35.5. The van der Waals surface area contributed by atoms with Gasteiger partial charge in [0.2, 0.25) is 5.28 Å². The molecule has 3 nitrogen and oxygen atoms in total. The highest BCUT2D eigenvalue weighted by Gasteiger charge is 2.35. The zero-order valence-corrected chi connectivity index (χ0v) is 9.93. The predicted molar refractivity (Wildman–Crippen MR) is 62.3 cm³/mol. The van der Waals surface area contributed by atoms with Crippen molar-refractivity contribution in [3.8, 4) is 0 Å². The number of halogens is 1. The van der Waals surface area contributed by atoms with Crippen LogP contribution in [-0.4, -0.2) is 15.5 Å². The van der Waals surface area contributed by atoms with E-state index in [0.717, 1.165) is 17.9 Å². The molecular weight excluding hydrogens is 210 g/mol. The molecule has 0 amide bonds. The van der Waals surface area contributed by atoms with Crippen molar-refractivity contribution in [1.29, 1.82) is 0 Å². The van der Waals surface area contributed by atoms with E-state index in [1.165, 1.54) is 19.3 Å². The molecule has 1 aliphatic carbocycles. The van der Waals surface area contributed by atoms with E-state index in [4.69, 9.17) is 11.6 Å². The van der Waals surface area contributed by atoms with Gasteiger partial charge in [0, 0.05) is 17.3 Å². The van der Waals surface area contributed by atoms with Gasteiger partial charge in [-0.1, -0.05) is 6.92 Å². The predicted octanol–water partition coefficient (Wildman–Crippen LogP) is 3.18. The number of aromatic nitrogens is 2. The van der Waals surface area contributed by atoms with Crippen LogP contribution in [0, 0.1) is 6.92 Å². The summed E-state index contributed by atoms with van der Waals surface area (Å²) in [6.45, 7) is 4.14. The average Bonchev–Trinajstić information content (AvgIpc) is 2.10. The zero-order valence-electron chi connectivity index (χ0n) is 9.18. The van der Waals surface area contributed by atoms with Crippen LogP contribution in [-0.2, 0) is 0 Å². The van der Waals surface area contributed by atoms with Crippen molar-refractivity contribution in [3.63, 3.8) is 0 Å². The molecular formula is C11H16ClN3. The Labute approximate surface area is 95.3 Å². The van der Waals surface area contributed by atoms with Crippen molar-refractivity contribution in [1.82, 2.24) is 9.97 Å². The first-order valence-corrected chi connectivity index (χ1v) is 5.81. The molecule has 0 unspecified atom stereocenters. The average molecular weight is 226 g/mol. The van der Waals surface area contributed by atoms with Crippen LogP contribution in [0.4, 0.5) is 5.82 Å². The van der Waals surface area contributed by atoms with Gasteiger partial charge in [-0.3, -0.25) is 0 Å². The Morgan fingerprint density at radius 3 is 2.67 bits per heavy atom. The van der Waals surface area contributed by atoms with Crippen LogP contribution >= 0.6 is 11.6 Å². The molecule has 1 heterocycles. The van der Waals surface area contributed by atoms with Crippen LogP contribution in [0.25, 0.3) is 0 Å². The molecule has 0 saturated heterocycles. The first-order valence-electron chi connectivity index (χ1n) is 5.43. The minimum atomic E-state index is 0.254. The maximum Gasteiger partial charge on any atom is 0.224 e. The van der Waals surface area contributed by atoms with Gasteiger partial charge in [-0.25, -0.2) is 9.97 Å². The third-order valence-electron chi connectivity index (χ3n) is 3.21. The lowest BCUT2D eigenvalue weighted by atomic mass is 9.75. The fourth-order valence-electron chi connectivity index (χ4n) is 2.04. The third-order valence-corrected chi connectivity index (χ3v) is 3.38. The molecule has 1 saturated carbocycles. The van der Waals surface area contributed by atoms with E-state index in [2.05, 4.69) is 22.2 Å². The van der Waals surface area contributed by atoms with E-state index < -0.39 is 0 Å². The Hall–Kier alpha value is -0.830. The van der Waals surface area contributed by atoms with Gasteiger partial charge in [-0.05, 0) is 44.2 Å². The Morgan fingerprint density at radius 1 is 1.47 bits per heavy atom. The maximum atomic E-state index is 5.82. The highest BCUT2D eigenvalue weighted by Crippen LogP contribution is 2.37. The summed E-state index contributed by atoms with van der Waals surface area (Å²) >= 11 is 5.82. The first-order chi connectivity index (χ1) is 7.13. The summed E-state index contributed by atoms with van der Waals surface area (Å²) in [5.41, 5.74) is 1.16. The SMILES string of the molecule is CCC1(Nc2cc(C)nc(Cl)n2)CCC1. The lowest BCUT2D eigenvalue weighted by Gasteiger charge is -2.42. The third kappa shape index (κ3) is 2.23. The molecule has 1 N–H and O–H groups in total. The number of hydrogen-bond acceptors (Lipinski definition) is 3. The van der Waals surface area contributed by atoms with Crippen LogP contribution in [0.1, 0.15) is 38.3 Å². The zero-order chi connectivity index (χ0) is 10.9. The summed E-state index contributed by atoms with van der Waals surface area (Å²) < 4.78 is 0. The van der Waals surface area contributed by atoms with E-state index in [1.54, 1.807) is 0 Å². The fourth-order valence-corrected chi connectivity index (χ4v) is 2.26. The van der Waals surface area contributed by atoms with Crippen molar-refractivity contribution >= 4 is 17.4 Å². The maximum absolute atomic E-state index is 5.82. The Kier molecular flexibility index (Phi) is 2.83. The number of anilines is 1. The van der Waals surface area contributed by atoms with Gasteiger partial charge in [0.25, 0.3) is 0 Å². The number of aryl methyl sites for hydroxylation is 1. The van der Waals surface area contributed by atoms with Crippen LogP contribution < -0.4 is 5.32 Å². The molecule has 4 heteroatoms. The lowest BCUT2D eigenvalue weighted by Crippen LogP contribution is -2.44. The summed E-state index contributed by atoms with van der Waals surface area (Å²) in [5.74, 6) is 0.856. The molecule has 0 radical (unpaired) electrons. The second-order valence-corrected chi connectivity index (χ2v) is 4.61. The standard InChI is InChI=1S/C11H16ClN3/c1-3-11(5-4-6-11)15-9-7-8(2)13-10(12)14-9/h7H,3-6H2,1-2H3,(H,13,14,15). The largest absolute Gasteiger partial charge is 0.364 e. The molecule has 82 valence electrons. The summed E-state index contributed by atoms with van der Waals surface area (Å²) in [4.78, 5) is 8.24. The van der Waals surface area contributed by atoms with Gasteiger partial charge in [0.1, 0.15) is 5.82 Å². The van der Waals surface area contributed by atoms with Gasteiger partial charge in [0.05, 0.1) is 0 Å². The second-order valence-electron chi connectivity index (χ2n) is 4.28. The van der Waals surface area contributed by atoms with Crippen LogP contribution in [0.15, 0.2) is 6.07 Å². The minimum Gasteiger partial charge on any atom is -0.364 e. The van der Waals surface area contributed by atoms with Crippen molar-refractivity contribution in [2.75, 3.05) is 5.32 Å². The first kappa shape index (κ1) is 10.7. The lowest BCUT2D eigenvalue weighted by molar-refractivity contribution is 0.269. The molecule has 0 aromatic carbocycles. The Balaban J connectivity index is 2.16. The monoisotopic (exact) mass is 225 g/mol. The molecule has 1 aromatic heterocycles. The van der Waals surface area contributed by atoms with Crippen molar-refractivity contribution < 1.29 is 0 Å². The summed E-state index contributed by atoms with van der Waals surface area (Å²) in [6.07, 6.45) is 4.89. The number of nitrogens with one attached hydrogen (secondary N) is 1. The molecule has 15 heavy (non-hydrogen) atoms. The fraction of sp³-hybridized carbons (Fsp3) is 0.636. The van der Waals surface area contributed by atoms with Crippen LogP contribution in [0.2, 0.25) is 5.28 Å². The smallest absolute Gasteiger partial charge is 0.224 e. The normalized spacial score (nSPS) is 18.3. The van der Waals surface area contributed by atoms with Gasteiger partial charge >= 0.3 is 0 Å². The molecule has 1 aromatic rings. The number of hydrogen-bond donors (Lipinski definition) is 1. The number of rotatable bonds is 3. The van der Waals surface area contributed by atoms with Gasteiger partial charge in [-0.2, -0.15) is 0 Å². The van der Waals surface area contributed by atoms with Crippen LogP contribution in [0.3, 0.4) is 0 Å². The Morgan fingerprint density at radius 2 is 2.20 bits per heavy atom. The van der Waals surface area contributed by atoms with Gasteiger partial charge < -0.3 is 5.32 Å². The number of nitrogens with zero attached hydrogens (tertiary/aromatic N) is 2. The highest BCUT2D eigenvalue weighted by molar-refractivity contribution is 6.28. The summed E-state index contributed by atoms with van der Waals surface area (Å²) in [6, 6.07) is 1.95.